The fraction of sp³-hybridized carbons (Fsp3) is 0.200. The van der Waals surface area contributed by atoms with Crippen molar-refractivity contribution in [2.75, 3.05) is 19.9 Å². The number of nitrogen functional groups attached to an aromatic ring is 1. The standard InChI is InChI=1S/C10H9BrClFN2O2/c1-15-3-4-6(11)7(12)8(13)5(9(4)14)10(16)17-2/h3H,14H2,1-2H3. The highest BCUT2D eigenvalue weighted by atomic mass is 79.9. The zero-order chi connectivity index (χ0) is 13.2. The van der Waals surface area contributed by atoms with Crippen molar-refractivity contribution >= 4 is 45.4 Å². The number of nitrogens with two attached hydrogens (primary N) is 1. The lowest BCUT2D eigenvalue weighted by molar-refractivity contribution is 0.0597. The summed E-state index contributed by atoms with van der Waals surface area (Å²) < 4.78 is 18.5. The summed E-state index contributed by atoms with van der Waals surface area (Å²) in [7, 11) is 2.64. The first kappa shape index (κ1) is 13.9. The minimum absolute atomic E-state index is 0.0729. The van der Waals surface area contributed by atoms with E-state index in [9.17, 15) is 9.18 Å². The first-order valence-electron chi connectivity index (χ1n) is 4.42. The molecule has 0 atom stereocenters. The minimum atomic E-state index is -0.920. The molecule has 92 valence electrons. The number of carbonyl (C=O) groups is 1. The van der Waals surface area contributed by atoms with Crippen molar-refractivity contribution in [3.8, 4) is 0 Å². The Morgan fingerprint density at radius 2 is 2.24 bits per heavy atom. The van der Waals surface area contributed by atoms with Crippen LogP contribution in [0.1, 0.15) is 15.9 Å². The van der Waals surface area contributed by atoms with Crippen LogP contribution >= 0.6 is 27.5 Å². The van der Waals surface area contributed by atoms with Crippen molar-refractivity contribution in [3.05, 3.63) is 26.4 Å². The molecule has 0 aliphatic heterocycles. The Morgan fingerprint density at radius 1 is 1.65 bits per heavy atom. The largest absolute Gasteiger partial charge is 0.465 e. The Hall–Kier alpha value is -1.14. The lowest BCUT2D eigenvalue weighted by atomic mass is 10.1. The highest BCUT2D eigenvalue weighted by molar-refractivity contribution is 9.10. The van der Waals surface area contributed by atoms with Gasteiger partial charge in [0.1, 0.15) is 5.56 Å². The van der Waals surface area contributed by atoms with E-state index in [1.807, 2.05) is 0 Å². The van der Waals surface area contributed by atoms with Crippen molar-refractivity contribution in [2.24, 2.45) is 4.99 Å². The number of ether oxygens (including phenoxy) is 1. The van der Waals surface area contributed by atoms with Crippen LogP contribution in [0.15, 0.2) is 9.47 Å². The molecule has 7 heteroatoms. The van der Waals surface area contributed by atoms with E-state index in [1.54, 1.807) is 0 Å². The summed E-state index contributed by atoms with van der Waals surface area (Å²) in [6.45, 7) is 0. The fourth-order valence-electron chi connectivity index (χ4n) is 1.25. The zero-order valence-corrected chi connectivity index (χ0v) is 11.4. The summed E-state index contributed by atoms with van der Waals surface area (Å²) in [6.07, 6.45) is 1.37. The molecule has 0 unspecified atom stereocenters. The van der Waals surface area contributed by atoms with Gasteiger partial charge < -0.3 is 10.5 Å². The monoisotopic (exact) mass is 322 g/mol. The van der Waals surface area contributed by atoms with E-state index in [2.05, 4.69) is 25.7 Å². The second-order valence-electron chi connectivity index (χ2n) is 3.02. The molecule has 17 heavy (non-hydrogen) atoms. The number of halogens is 3. The van der Waals surface area contributed by atoms with Crippen LogP contribution in [0.3, 0.4) is 0 Å². The number of methoxy groups -OCH3 is 1. The molecule has 2 N–H and O–H groups in total. The van der Waals surface area contributed by atoms with E-state index in [0.717, 1.165) is 7.11 Å². The SMILES string of the molecule is CN=Cc1c(N)c(C(=O)OC)c(F)c(Cl)c1Br. The molecule has 0 saturated carbocycles. The van der Waals surface area contributed by atoms with E-state index in [4.69, 9.17) is 17.3 Å². The van der Waals surface area contributed by atoms with Crippen LogP contribution in [-0.4, -0.2) is 26.3 Å². The van der Waals surface area contributed by atoms with E-state index in [-0.39, 0.29) is 15.2 Å². The number of esters is 1. The summed E-state index contributed by atoms with van der Waals surface area (Å²) in [5.41, 5.74) is 5.56. The fourth-order valence-corrected chi connectivity index (χ4v) is 1.94. The van der Waals surface area contributed by atoms with Gasteiger partial charge in [0.25, 0.3) is 0 Å². The maximum absolute atomic E-state index is 13.8. The van der Waals surface area contributed by atoms with Gasteiger partial charge in [-0.25, -0.2) is 9.18 Å². The molecule has 4 nitrogen and oxygen atoms in total. The third-order valence-electron chi connectivity index (χ3n) is 2.05. The number of anilines is 1. The normalized spacial score (nSPS) is 10.9. The molecule has 1 rings (SSSR count). The van der Waals surface area contributed by atoms with E-state index >= 15 is 0 Å². The second-order valence-corrected chi connectivity index (χ2v) is 4.19. The van der Waals surface area contributed by atoms with Crippen molar-refractivity contribution in [1.82, 2.24) is 0 Å². The minimum Gasteiger partial charge on any atom is -0.465 e. The van der Waals surface area contributed by atoms with Crippen LogP contribution in [0.4, 0.5) is 10.1 Å². The van der Waals surface area contributed by atoms with Crippen molar-refractivity contribution in [3.63, 3.8) is 0 Å². The van der Waals surface area contributed by atoms with Crippen LogP contribution in [0.5, 0.6) is 0 Å². The van der Waals surface area contributed by atoms with Gasteiger partial charge in [0.05, 0.1) is 22.3 Å². The Balaban J connectivity index is 3.67. The summed E-state index contributed by atoms with van der Waals surface area (Å²) in [6, 6.07) is 0. The van der Waals surface area contributed by atoms with Crippen LogP contribution < -0.4 is 5.73 Å². The molecule has 0 fully saturated rings. The first-order valence-corrected chi connectivity index (χ1v) is 5.59. The van der Waals surface area contributed by atoms with Gasteiger partial charge in [-0.3, -0.25) is 4.99 Å². The molecule has 1 aromatic carbocycles. The third kappa shape index (κ3) is 2.42. The second kappa shape index (κ2) is 5.46. The van der Waals surface area contributed by atoms with Gasteiger partial charge >= 0.3 is 5.97 Å². The predicted octanol–water partition coefficient (Wildman–Crippen LogP) is 2.66. The summed E-state index contributed by atoms with van der Waals surface area (Å²) in [4.78, 5) is 15.2. The predicted molar refractivity (Wildman–Crippen MR) is 68.4 cm³/mol. The number of nitrogens with zero attached hydrogens (tertiary/aromatic N) is 1. The molecule has 1 aromatic rings. The molecule has 0 amide bonds. The Kier molecular flexibility index (Phi) is 4.47. The Morgan fingerprint density at radius 3 is 2.71 bits per heavy atom. The van der Waals surface area contributed by atoms with Crippen molar-refractivity contribution in [2.45, 2.75) is 0 Å². The van der Waals surface area contributed by atoms with E-state index < -0.39 is 17.3 Å². The van der Waals surface area contributed by atoms with Gasteiger partial charge in [0.2, 0.25) is 0 Å². The number of rotatable bonds is 2. The highest BCUT2D eigenvalue weighted by Crippen LogP contribution is 2.36. The molecule has 0 saturated heterocycles. The van der Waals surface area contributed by atoms with E-state index in [0.29, 0.717) is 5.56 Å². The molecule has 0 aromatic heterocycles. The molecule has 0 aliphatic rings. The lowest BCUT2D eigenvalue weighted by Crippen LogP contribution is -2.12. The number of benzene rings is 1. The topological polar surface area (TPSA) is 64.7 Å². The summed E-state index contributed by atoms with van der Waals surface area (Å²) in [5, 5.41) is -0.241. The number of hydrogen-bond donors (Lipinski definition) is 1. The van der Waals surface area contributed by atoms with Gasteiger partial charge in [0.15, 0.2) is 5.82 Å². The number of carbonyl (C=O) groups excluding carboxylic acids is 1. The molecule has 0 spiro atoms. The molecular formula is C10H9BrClFN2O2. The smallest absolute Gasteiger partial charge is 0.343 e. The maximum atomic E-state index is 13.8. The van der Waals surface area contributed by atoms with E-state index in [1.165, 1.54) is 13.3 Å². The van der Waals surface area contributed by atoms with Gasteiger partial charge in [-0.15, -0.1) is 0 Å². The van der Waals surface area contributed by atoms with Crippen LogP contribution in [-0.2, 0) is 4.74 Å². The van der Waals surface area contributed by atoms with Gasteiger partial charge in [-0.2, -0.15) is 0 Å². The van der Waals surface area contributed by atoms with Crippen molar-refractivity contribution in [1.29, 1.82) is 0 Å². The molecule has 0 aliphatic carbocycles. The summed E-state index contributed by atoms with van der Waals surface area (Å²) in [5.74, 6) is -1.81. The van der Waals surface area contributed by atoms with Gasteiger partial charge in [-0.1, -0.05) is 11.6 Å². The Labute approximate surface area is 111 Å². The zero-order valence-electron chi connectivity index (χ0n) is 9.05. The highest BCUT2D eigenvalue weighted by Gasteiger charge is 2.24. The molecule has 0 bridgehead atoms. The quantitative estimate of drug-likeness (QED) is 0.394. The van der Waals surface area contributed by atoms with Crippen LogP contribution in [0, 0.1) is 5.82 Å². The van der Waals surface area contributed by atoms with Crippen molar-refractivity contribution < 1.29 is 13.9 Å². The van der Waals surface area contributed by atoms with Crippen LogP contribution in [0.2, 0.25) is 5.02 Å². The first-order chi connectivity index (χ1) is 7.95. The van der Waals surface area contributed by atoms with Gasteiger partial charge in [-0.05, 0) is 15.9 Å². The number of aliphatic imine (C=N–C) groups is 1. The average molecular weight is 324 g/mol. The number of hydrogen-bond acceptors (Lipinski definition) is 4. The summed E-state index contributed by atoms with van der Waals surface area (Å²) >= 11 is 8.84. The maximum Gasteiger partial charge on any atom is 0.343 e. The lowest BCUT2D eigenvalue weighted by Gasteiger charge is -2.12. The average Bonchev–Trinajstić information content (AvgIpc) is 2.32. The Bertz CT molecular complexity index is 506. The van der Waals surface area contributed by atoms with Gasteiger partial charge in [0, 0.05) is 18.8 Å². The van der Waals surface area contributed by atoms with Crippen LogP contribution in [0.25, 0.3) is 0 Å². The third-order valence-corrected chi connectivity index (χ3v) is 3.46. The molecule has 0 radical (unpaired) electrons. The molecular weight excluding hydrogens is 314 g/mol. The molecule has 0 heterocycles.